The van der Waals surface area contributed by atoms with Crippen molar-refractivity contribution in [1.29, 1.82) is 0 Å². The quantitative estimate of drug-likeness (QED) is 0.454. The Morgan fingerprint density at radius 3 is 2.33 bits per heavy atom. The number of nitrogens with one attached hydrogen (secondary N) is 3. The molecular formula is C20H23N4O5P. The third-order valence-electron chi connectivity index (χ3n) is 4.13. The van der Waals surface area contributed by atoms with Crippen molar-refractivity contribution in [3.05, 3.63) is 78.9 Å². The van der Waals surface area contributed by atoms with Gasteiger partial charge in [0.2, 0.25) is 0 Å². The highest BCUT2D eigenvalue weighted by molar-refractivity contribution is 7.52. The topological polar surface area (TPSA) is 141 Å². The third-order valence-corrected chi connectivity index (χ3v) is 4.68. The molecule has 0 aliphatic carbocycles. The molecular weight excluding hydrogens is 407 g/mol. The summed E-state index contributed by atoms with van der Waals surface area (Å²) in [6, 6.07) is 6.29. The van der Waals surface area contributed by atoms with Crippen LogP contribution in [0.5, 0.6) is 5.75 Å². The van der Waals surface area contributed by atoms with E-state index in [1.807, 2.05) is 20.8 Å². The van der Waals surface area contributed by atoms with Gasteiger partial charge < -0.3 is 24.4 Å². The maximum atomic E-state index is 12.5. The average molecular weight is 430 g/mol. The molecule has 0 bridgehead atoms. The van der Waals surface area contributed by atoms with Crippen LogP contribution in [0.2, 0.25) is 0 Å². The molecule has 3 rings (SSSR count). The minimum atomic E-state index is -3.71. The SMILES string of the molecule is CC(C)(C)c1[nH]cnc1/C=c1\[nH]c(=O)/c(=C/c2cccc(OP(C)(=O)O)c2)[nH]c1=O. The van der Waals surface area contributed by atoms with E-state index >= 15 is 0 Å². The molecule has 1 unspecified atom stereocenters. The van der Waals surface area contributed by atoms with Crippen molar-refractivity contribution in [2.24, 2.45) is 0 Å². The van der Waals surface area contributed by atoms with Gasteiger partial charge in [0.05, 0.1) is 12.0 Å². The molecule has 3 aromatic rings. The number of aromatic amines is 3. The fourth-order valence-electron chi connectivity index (χ4n) is 2.87. The number of rotatable bonds is 4. The molecule has 2 aromatic heterocycles. The largest absolute Gasteiger partial charge is 0.425 e. The molecule has 4 N–H and O–H groups in total. The Morgan fingerprint density at radius 1 is 1.10 bits per heavy atom. The first-order valence-electron chi connectivity index (χ1n) is 9.12. The number of nitrogens with zero attached hydrogens (tertiary/aromatic N) is 1. The Bertz CT molecular complexity index is 1360. The van der Waals surface area contributed by atoms with Crippen molar-refractivity contribution in [2.75, 3.05) is 6.66 Å². The van der Waals surface area contributed by atoms with E-state index in [1.54, 1.807) is 12.1 Å². The molecule has 0 saturated carbocycles. The van der Waals surface area contributed by atoms with E-state index in [2.05, 4.69) is 19.9 Å². The minimum absolute atomic E-state index is 0.0380. The van der Waals surface area contributed by atoms with Gasteiger partial charge in [-0.15, -0.1) is 0 Å². The lowest BCUT2D eigenvalue weighted by atomic mass is 9.90. The van der Waals surface area contributed by atoms with Crippen molar-refractivity contribution in [3.63, 3.8) is 0 Å². The summed E-state index contributed by atoms with van der Waals surface area (Å²) in [7, 11) is -3.71. The van der Waals surface area contributed by atoms with Crippen LogP contribution in [0.1, 0.15) is 37.7 Å². The minimum Gasteiger partial charge on any atom is -0.425 e. The summed E-state index contributed by atoms with van der Waals surface area (Å²) in [6.07, 6.45) is 4.51. The van der Waals surface area contributed by atoms with Gasteiger partial charge in [0.1, 0.15) is 16.4 Å². The van der Waals surface area contributed by atoms with Gasteiger partial charge in [-0.2, -0.15) is 0 Å². The molecule has 9 nitrogen and oxygen atoms in total. The summed E-state index contributed by atoms with van der Waals surface area (Å²) in [4.78, 5) is 46.8. The second-order valence-electron chi connectivity index (χ2n) is 7.90. The molecule has 1 atom stereocenters. The average Bonchev–Trinajstić information content (AvgIpc) is 3.07. The maximum absolute atomic E-state index is 12.5. The van der Waals surface area contributed by atoms with Gasteiger partial charge in [-0.1, -0.05) is 32.9 Å². The number of hydrogen-bond donors (Lipinski definition) is 4. The van der Waals surface area contributed by atoms with E-state index in [4.69, 9.17) is 4.52 Å². The molecule has 1 aromatic carbocycles. The van der Waals surface area contributed by atoms with Crippen LogP contribution < -0.4 is 26.3 Å². The monoisotopic (exact) mass is 430 g/mol. The predicted molar refractivity (Wildman–Crippen MR) is 114 cm³/mol. The summed E-state index contributed by atoms with van der Waals surface area (Å²) in [5.74, 6) is 0.175. The number of imidazole rings is 1. The van der Waals surface area contributed by atoms with Crippen molar-refractivity contribution >= 4 is 19.7 Å². The van der Waals surface area contributed by atoms with Gasteiger partial charge in [0, 0.05) is 17.8 Å². The summed E-state index contributed by atoms with van der Waals surface area (Å²) < 4.78 is 16.4. The molecule has 0 amide bonds. The number of aromatic nitrogens is 4. The van der Waals surface area contributed by atoms with Gasteiger partial charge in [-0.3, -0.25) is 9.59 Å². The van der Waals surface area contributed by atoms with Crippen LogP contribution >= 0.6 is 7.60 Å². The van der Waals surface area contributed by atoms with Gasteiger partial charge in [-0.05, 0) is 29.8 Å². The predicted octanol–water partition coefficient (Wildman–Crippen LogP) is 0.935. The number of hydrogen-bond acceptors (Lipinski definition) is 5. The van der Waals surface area contributed by atoms with Crippen molar-refractivity contribution < 1.29 is 14.0 Å². The Kier molecular flexibility index (Phi) is 5.70. The van der Waals surface area contributed by atoms with Crippen molar-refractivity contribution in [1.82, 2.24) is 19.9 Å². The Balaban J connectivity index is 2.06. The fraction of sp³-hybridized carbons (Fsp3) is 0.250. The normalized spacial score (nSPS) is 15.2. The smallest absolute Gasteiger partial charge is 0.373 e. The van der Waals surface area contributed by atoms with E-state index in [1.165, 1.54) is 30.6 Å². The van der Waals surface area contributed by atoms with E-state index in [9.17, 15) is 19.0 Å². The molecule has 0 aliphatic heterocycles. The molecule has 30 heavy (non-hydrogen) atoms. The summed E-state index contributed by atoms with van der Waals surface area (Å²) in [5.41, 5.74) is 0.729. The van der Waals surface area contributed by atoms with Gasteiger partial charge in [0.25, 0.3) is 11.1 Å². The lowest BCUT2D eigenvalue weighted by molar-refractivity contribution is 0.387. The summed E-state index contributed by atoms with van der Waals surface area (Å²) >= 11 is 0. The zero-order valence-corrected chi connectivity index (χ0v) is 17.9. The molecule has 10 heteroatoms. The van der Waals surface area contributed by atoms with Crippen LogP contribution in [0, 0.1) is 0 Å². The lowest BCUT2D eigenvalue weighted by Gasteiger charge is -2.16. The fourth-order valence-corrected chi connectivity index (χ4v) is 3.38. The lowest BCUT2D eigenvalue weighted by Crippen LogP contribution is -2.46. The highest BCUT2D eigenvalue weighted by Crippen LogP contribution is 2.38. The van der Waals surface area contributed by atoms with Crippen LogP contribution in [-0.2, 0) is 9.98 Å². The molecule has 0 aliphatic rings. The first-order valence-corrected chi connectivity index (χ1v) is 11.1. The van der Waals surface area contributed by atoms with E-state index in [-0.39, 0.29) is 21.9 Å². The zero-order chi connectivity index (χ0) is 22.1. The van der Waals surface area contributed by atoms with Crippen molar-refractivity contribution in [3.8, 4) is 5.75 Å². The zero-order valence-electron chi connectivity index (χ0n) is 17.0. The third kappa shape index (κ3) is 5.25. The molecule has 0 fully saturated rings. The summed E-state index contributed by atoms with van der Waals surface area (Å²) in [6.45, 7) is 7.10. The maximum Gasteiger partial charge on any atom is 0.373 e. The van der Waals surface area contributed by atoms with Gasteiger partial charge in [-0.25, -0.2) is 9.55 Å². The van der Waals surface area contributed by atoms with Crippen LogP contribution in [0.15, 0.2) is 40.2 Å². The number of benzene rings is 1. The number of H-pyrrole nitrogens is 3. The second kappa shape index (κ2) is 7.93. The molecule has 158 valence electrons. The Hall–Kier alpha value is -3.16. The second-order valence-corrected chi connectivity index (χ2v) is 9.69. The van der Waals surface area contributed by atoms with Crippen LogP contribution in [0.3, 0.4) is 0 Å². The van der Waals surface area contributed by atoms with Gasteiger partial charge in [0.15, 0.2) is 0 Å². The van der Waals surface area contributed by atoms with Crippen molar-refractivity contribution in [2.45, 2.75) is 26.2 Å². The molecule has 0 saturated heterocycles. The molecule has 2 heterocycles. The van der Waals surface area contributed by atoms with Crippen LogP contribution in [0.25, 0.3) is 12.2 Å². The van der Waals surface area contributed by atoms with Crippen LogP contribution in [-0.4, -0.2) is 31.5 Å². The Labute approximate surface area is 171 Å². The Morgan fingerprint density at radius 2 is 1.73 bits per heavy atom. The highest BCUT2D eigenvalue weighted by Gasteiger charge is 2.19. The van der Waals surface area contributed by atoms with Gasteiger partial charge >= 0.3 is 7.60 Å². The standard InChI is InChI=1S/C20H23N4O5P/c1-20(2,3)17-14(21-11-22-17)10-16-19(26)23-15(18(25)24-16)9-12-6-5-7-13(8-12)29-30(4,27)28/h5-11H,1-4H3,(H,21,22)(H,23,26)(H,24,25)(H,27,28)/b15-9-,16-10-. The highest BCUT2D eigenvalue weighted by atomic mass is 31.2. The summed E-state index contributed by atoms with van der Waals surface area (Å²) in [5, 5.41) is 0.120. The van der Waals surface area contributed by atoms with E-state index < -0.39 is 18.7 Å². The molecule has 0 spiro atoms. The first kappa shape index (κ1) is 21.5. The van der Waals surface area contributed by atoms with E-state index in [0.717, 1.165) is 12.4 Å². The van der Waals surface area contributed by atoms with Crippen LogP contribution in [0.4, 0.5) is 0 Å². The molecule has 0 radical (unpaired) electrons. The first-order chi connectivity index (χ1) is 13.9. The van der Waals surface area contributed by atoms with E-state index in [0.29, 0.717) is 11.3 Å².